The van der Waals surface area contributed by atoms with Gasteiger partial charge in [0.05, 0.1) is 0 Å². The lowest BCUT2D eigenvalue weighted by molar-refractivity contribution is -0.140. The van der Waals surface area contributed by atoms with Crippen molar-refractivity contribution in [3.05, 3.63) is 29.8 Å². The number of nitrogens with one attached hydrogen (secondary N) is 5. The van der Waals surface area contributed by atoms with Crippen LogP contribution >= 0.6 is 0 Å². The Bertz CT molecular complexity index is 1030. The lowest BCUT2D eigenvalue weighted by Gasteiger charge is -2.27. The number of phenolic OH excluding ortho intramolecular Hbond substituents is 1. The second-order valence-corrected chi connectivity index (χ2v) is 10.7. The number of benzene rings is 1. The Balaban J connectivity index is 2.17. The van der Waals surface area contributed by atoms with Crippen LogP contribution in [0, 0.1) is 11.8 Å². The van der Waals surface area contributed by atoms with Crippen molar-refractivity contribution in [1.29, 1.82) is 0 Å². The first-order chi connectivity index (χ1) is 18.9. The van der Waals surface area contributed by atoms with E-state index in [1.807, 2.05) is 6.92 Å². The van der Waals surface area contributed by atoms with Crippen LogP contribution in [0.5, 0.6) is 5.75 Å². The molecule has 0 aliphatic carbocycles. The number of rotatable bonds is 9. The molecular weight excluding hydrogens is 518 g/mol. The van der Waals surface area contributed by atoms with E-state index >= 15 is 0 Å². The van der Waals surface area contributed by atoms with E-state index in [2.05, 4.69) is 26.6 Å². The first-order valence-electron chi connectivity index (χ1n) is 13.9. The van der Waals surface area contributed by atoms with E-state index < -0.39 is 48.0 Å². The average molecular weight is 562 g/mol. The number of hydrogen-bond acceptors (Lipinski definition) is 6. The summed E-state index contributed by atoms with van der Waals surface area (Å²) in [6, 6.07) is 1.87. The maximum atomic E-state index is 13.3. The molecule has 2 rings (SSSR count). The van der Waals surface area contributed by atoms with Crippen molar-refractivity contribution >= 4 is 29.7 Å². The Kier molecular flexibility index (Phi) is 12.7. The molecule has 0 bridgehead atoms. The highest BCUT2D eigenvalue weighted by molar-refractivity contribution is 5.94. The normalized spacial score (nSPS) is 22.3. The number of hydrogen-bond donors (Lipinski definition) is 7. The zero-order valence-electron chi connectivity index (χ0n) is 23.7. The number of carbonyl (C=O) groups is 5. The molecule has 1 aromatic rings. The summed E-state index contributed by atoms with van der Waals surface area (Å²) in [6.07, 6.45) is 2.56. The fraction of sp³-hybridized carbons (Fsp3) is 0.607. The number of carboxylic acids is 1. The third kappa shape index (κ3) is 10.0. The summed E-state index contributed by atoms with van der Waals surface area (Å²) in [7, 11) is 0. The van der Waals surface area contributed by atoms with Gasteiger partial charge >= 0.3 is 12.0 Å². The largest absolute Gasteiger partial charge is 0.508 e. The molecule has 7 N–H and O–H groups in total. The lowest BCUT2D eigenvalue weighted by Crippen LogP contribution is -2.59. The molecule has 5 atom stereocenters. The van der Waals surface area contributed by atoms with Gasteiger partial charge in [0.25, 0.3) is 0 Å². The Labute approximate surface area is 235 Å². The molecule has 1 fully saturated rings. The van der Waals surface area contributed by atoms with Crippen LogP contribution in [0.2, 0.25) is 0 Å². The van der Waals surface area contributed by atoms with Crippen molar-refractivity contribution < 1.29 is 34.2 Å². The number of aryl methyl sites for hydroxylation is 1. The third-order valence-electron chi connectivity index (χ3n) is 7.14. The Hall–Kier alpha value is -3.83. The number of amides is 5. The summed E-state index contributed by atoms with van der Waals surface area (Å²) < 4.78 is 0. The molecule has 0 radical (unpaired) electrons. The highest BCUT2D eigenvalue weighted by Crippen LogP contribution is 2.14. The van der Waals surface area contributed by atoms with Crippen LogP contribution in [0.15, 0.2) is 24.3 Å². The molecule has 12 nitrogen and oxygen atoms in total. The fourth-order valence-electron chi connectivity index (χ4n) is 4.39. The van der Waals surface area contributed by atoms with Crippen LogP contribution in [0.1, 0.15) is 65.4 Å². The molecule has 1 heterocycles. The van der Waals surface area contributed by atoms with E-state index in [1.54, 1.807) is 45.0 Å². The van der Waals surface area contributed by atoms with Gasteiger partial charge in [-0.1, -0.05) is 46.2 Å². The average Bonchev–Trinajstić information content (AvgIpc) is 2.91. The molecule has 0 unspecified atom stereocenters. The van der Waals surface area contributed by atoms with Crippen LogP contribution < -0.4 is 26.6 Å². The van der Waals surface area contributed by atoms with Gasteiger partial charge in [-0.15, -0.1) is 0 Å². The van der Waals surface area contributed by atoms with Crippen molar-refractivity contribution in [2.75, 3.05) is 6.54 Å². The number of carboxylic acid groups (broad SMARTS) is 1. The van der Waals surface area contributed by atoms with E-state index in [1.165, 1.54) is 0 Å². The van der Waals surface area contributed by atoms with Gasteiger partial charge in [-0.2, -0.15) is 0 Å². The second-order valence-electron chi connectivity index (χ2n) is 10.7. The quantitative estimate of drug-likeness (QED) is 0.237. The number of carbonyl (C=O) groups excluding carboxylic acids is 4. The van der Waals surface area contributed by atoms with Gasteiger partial charge in [-0.05, 0) is 61.6 Å². The van der Waals surface area contributed by atoms with Gasteiger partial charge in [0.15, 0.2) is 0 Å². The maximum absolute atomic E-state index is 13.3. The predicted octanol–water partition coefficient (Wildman–Crippen LogP) is 1.42. The van der Waals surface area contributed by atoms with Crippen LogP contribution in [0.25, 0.3) is 0 Å². The molecule has 1 saturated heterocycles. The smallest absolute Gasteiger partial charge is 0.326 e. The molecule has 1 aromatic carbocycles. The minimum atomic E-state index is -1.17. The van der Waals surface area contributed by atoms with E-state index in [0.29, 0.717) is 38.6 Å². The molecule has 222 valence electrons. The first-order valence-corrected chi connectivity index (χ1v) is 13.9. The molecule has 12 heteroatoms. The van der Waals surface area contributed by atoms with Crippen molar-refractivity contribution in [2.24, 2.45) is 11.8 Å². The van der Waals surface area contributed by atoms with Crippen molar-refractivity contribution in [3.63, 3.8) is 0 Å². The topological polar surface area (TPSA) is 186 Å². The van der Waals surface area contributed by atoms with E-state index in [0.717, 1.165) is 5.56 Å². The van der Waals surface area contributed by atoms with Crippen molar-refractivity contribution in [3.8, 4) is 5.75 Å². The lowest BCUT2D eigenvalue weighted by atomic mass is 9.99. The zero-order chi connectivity index (χ0) is 29.8. The van der Waals surface area contributed by atoms with Gasteiger partial charge in [0.2, 0.25) is 17.7 Å². The summed E-state index contributed by atoms with van der Waals surface area (Å²) in [6.45, 7) is 7.35. The van der Waals surface area contributed by atoms with Gasteiger partial charge in [0, 0.05) is 6.54 Å². The summed E-state index contributed by atoms with van der Waals surface area (Å²) >= 11 is 0. The number of aromatic hydroxyl groups is 1. The predicted molar refractivity (Wildman–Crippen MR) is 148 cm³/mol. The zero-order valence-corrected chi connectivity index (χ0v) is 23.7. The minimum Gasteiger partial charge on any atom is -0.508 e. The number of urea groups is 1. The molecule has 1 aliphatic heterocycles. The molecule has 40 heavy (non-hydrogen) atoms. The summed E-state index contributed by atoms with van der Waals surface area (Å²) in [5.74, 6) is -3.12. The second kappa shape index (κ2) is 15.7. The monoisotopic (exact) mass is 561 g/mol. The Morgan fingerprint density at radius 3 is 2.27 bits per heavy atom. The first kappa shape index (κ1) is 32.4. The highest BCUT2D eigenvalue weighted by atomic mass is 16.4. The molecule has 1 aliphatic rings. The molecule has 0 spiro atoms. The maximum Gasteiger partial charge on any atom is 0.326 e. The van der Waals surface area contributed by atoms with Crippen LogP contribution in [-0.4, -0.2) is 70.6 Å². The fourth-order valence-corrected chi connectivity index (χ4v) is 4.39. The molecule has 0 aromatic heterocycles. The van der Waals surface area contributed by atoms with Crippen LogP contribution in [0.3, 0.4) is 0 Å². The summed E-state index contributed by atoms with van der Waals surface area (Å²) in [5.41, 5.74) is 0.891. The van der Waals surface area contributed by atoms with Gasteiger partial charge in [0.1, 0.15) is 29.9 Å². The molecular formula is C28H43N5O7. The Morgan fingerprint density at radius 1 is 1.00 bits per heavy atom. The van der Waals surface area contributed by atoms with Gasteiger partial charge in [-0.25, -0.2) is 9.59 Å². The third-order valence-corrected chi connectivity index (χ3v) is 7.14. The minimum absolute atomic E-state index is 0.134. The standard InChI is InChI=1S/C28H43N5O7/c1-5-17(4)23(27(38)39)33-28(40)31-20-8-6-7-15-29-24(35)21(14-11-18-9-12-19(34)13-10-18)30-26(37)22(16(2)3)32-25(20)36/h9-10,12-13,16-17,20-23,34H,5-8,11,14-15H2,1-4H3,(H,29,35)(H,30,37)(H,32,36)(H,38,39)(H2,31,33,40)/t17-,20-,21+,22+,23+/m1/s1. The molecule has 0 saturated carbocycles. The van der Waals surface area contributed by atoms with E-state index in [4.69, 9.17) is 0 Å². The summed E-state index contributed by atoms with van der Waals surface area (Å²) in [4.78, 5) is 63.8. The summed E-state index contributed by atoms with van der Waals surface area (Å²) in [5, 5.41) is 32.3. The highest BCUT2D eigenvalue weighted by Gasteiger charge is 2.32. The van der Waals surface area contributed by atoms with Gasteiger partial charge in [-0.3, -0.25) is 14.4 Å². The van der Waals surface area contributed by atoms with Crippen molar-refractivity contribution in [1.82, 2.24) is 26.6 Å². The Morgan fingerprint density at radius 2 is 1.68 bits per heavy atom. The SMILES string of the molecule is CC[C@@H](C)[C@H](NC(=O)N[C@@H]1CCCCNC(=O)[C@H](CCc2ccc(O)cc2)NC(=O)[C@H](C(C)C)NC1=O)C(=O)O. The van der Waals surface area contributed by atoms with Crippen LogP contribution in [-0.2, 0) is 25.6 Å². The number of phenols is 1. The number of aliphatic carboxylic acids is 1. The molecule has 5 amide bonds. The van der Waals surface area contributed by atoms with E-state index in [9.17, 15) is 34.2 Å². The van der Waals surface area contributed by atoms with Gasteiger partial charge < -0.3 is 36.8 Å². The van der Waals surface area contributed by atoms with E-state index in [-0.39, 0.29) is 29.9 Å². The van der Waals surface area contributed by atoms with Crippen molar-refractivity contribution in [2.45, 2.75) is 90.4 Å². The van der Waals surface area contributed by atoms with Crippen LogP contribution in [0.4, 0.5) is 4.79 Å².